The van der Waals surface area contributed by atoms with Gasteiger partial charge in [-0.3, -0.25) is 9.69 Å². The van der Waals surface area contributed by atoms with Crippen molar-refractivity contribution >= 4 is 11.6 Å². The van der Waals surface area contributed by atoms with Crippen LogP contribution in [-0.4, -0.2) is 54.0 Å². The number of likely N-dealkylation sites (N-methyl/N-ethyl adjacent to an activating group) is 1. The molecule has 1 saturated carbocycles. The van der Waals surface area contributed by atoms with Crippen molar-refractivity contribution in [3.8, 4) is 0 Å². The third kappa shape index (κ3) is 4.84. The highest BCUT2D eigenvalue weighted by atomic mass is 16.1. The predicted molar refractivity (Wildman–Crippen MR) is 107 cm³/mol. The Hall–Kier alpha value is -1.43. The molecule has 0 radical (unpaired) electrons. The minimum atomic E-state index is -0.386. The second-order valence-electron chi connectivity index (χ2n) is 8.20. The van der Waals surface area contributed by atoms with Gasteiger partial charge in [0.2, 0.25) is 5.91 Å². The molecule has 1 aliphatic carbocycles. The Morgan fingerprint density at radius 3 is 2.42 bits per heavy atom. The molecule has 1 aromatic carbocycles. The molecule has 2 unspecified atom stereocenters. The van der Waals surface area contributed by atoms with Crippen LogP contribution in [0.1, 0.15) is 45.1 Å². The fourth-order valence-electron chi connectivity index (χ4n) is 4.23. The lowest BCUT2D eigenvalue weighted by molar-refractivity contribution is -0.122. The van der Waals surface area contributed by atoms with Crippen LogP contribution < -0.4 is 11.1 Å². The number of anilines is 1. The maximum atomic E-state index is 12.6. The zero-order chi connectivity index (χ0) is 18.6. The van der Waals surface area contributed by atoms with Gasteiger partial charge in [0.05, 0.1) is 5.92 Å². The van der Waals surface area contributed by atoms with Crippen molar-refractivity contribution in [2.24, 2.45) is 11.7 Å². The highest BCUT2D eigenvalue weighted by molar-refractivity contribution is 5.93. The molecule has 3 N–H and O–H groups in total. The number of carbonyl (C=O) groups is 1. The zero-order valence-electron chi connectivity index (χ0n) is 16.3. The monoisotopic (exact) mass is 358 g/mol. The summed E-state index contributed by atoms with van der Waals surface area (Å²) in [5, 5.41) is 3.07. The summed E-state index contributed by atoms with van der Waals surface area (Å²) >= 11 is 0. The van der Waals surface area contributed by atoms with Crippen LogP contribution in [0.2, 0.25) is 0 Å². The van der Waals surface area contributed by atoms with Crippen LogP contribution in [0.25, 0.3) is 0 Å². The normalized spacial score (nSPS) is 28.0. The summed E-state index contributed by atoms with van der Waals surface area (Å²) in [6, 6.07) is 8.30. The second kappa shape index (κ2) is 8.51. The summed E-state index contributed by atoms with van der Waals surface area (Å²) in [6.07, 6.45) is 4.03. The smallest absolute Gasteiger partial charge is 0.229 e. The average Bonchev–Trinajstić information content (AvgIpc) is 2.63. The van der Waals surface area contributed by atoms with Crippen LogP contribution >= 0.6 is 0 Å². The highest BCUT2D eigenvalue weighted by Gasteiger charge is 2.37. The summed E-state index contributed by atoms with van der Waals surface area (Å²) in [7, 11) is 0. The van der Waals surface area contributed by atoms with Gasteiger partial charge in [0.1, 0.15) is 0 Å². The fraction of sp³-hybridized carbons (Fsp3) is 0.667. The van der Waals surface area contributed by atoms with Gasteiger partial charge in [-0.15, -0.1) is 0 Å². The van der Waals surface area contributed by atoms with Crippen LogP contribution in [0.3, 0.4) is 0 Å². The lowest BCUT2D eigenvalue weighted by Crippen LogP contribution is -2.51. The molecule has 1 saturated heterocycles. The molecule has 3 rings (SSSR count). The van der Waals surface area contributed by atoms with Crippen molar-refractivity contribution in [1.29, 1.82) is 0 Å². The molecule has 5 heteroatoms. The topological polar surface area (TPSA) is 61.6 Å². The molecule has 2 atom stereocenters. The number of piperazine rings is 1. The minimum Gasteiger partial charge on any atom is -0.326 e. The first kappa shape index (κ1) is 19.3. The quantitative estimate of drug-likeness (QED) is 0.849. The standard InChI is InChI=1S/C21H34N4O/c1-3-24-12-14-25(15-13-24)16-17-7-9-18(10-8-17)23-20(26)19-6-4-5-11-21(19,2)22/h7-10,19H,3-6,11-16,22H2,1-2H3,(H,23,26). The molecule has 1 aromatic rings. The van der Waals surface area contributed by atoms with Crippen molar-refractivity contribution in [1.82, 2.24) is 9.80 Å². The van der Waals surface area contributed by atoms with E-state index in [1.807, 2.05) is 19.1 Å². The molecule has 1 heterocycles. The molecule has 0 bridgehead atoms. The van der Waals surface area contributed by atoms with E-state index >= 15 is 0 Å². The number of carbonyl (C=O) groups excluding carboxylic acids is 1. The Labute approximate surface area is 157 Å². The first-order valence-electron chi connectivity index (χ1n) is 10.1. The van der Waals surface area contributed by atoms with Crippen molar-refractivity contribution in [3.05, 3.63) is 29.8 Å². The van der Waals surface area contributed by atoms with Gasteiger partial charge in [0, 0.05) is 44.0 Å². The number of rotatable bonds is 5. The van der Waals surface area contributed by atoms with Crippen LogP contribution in [-0.2, 0) is 11.3 Å². The van der Waals surface area contributed by atoms with E-state index in [-0.39, 0.29) is 17.4 Å². The number of nitrogens with zero attached hydrogens (tertiary/aromatic N) is 2. The molecular weight excluding hydrogens is 324 g/mol. The SMILES string of the molecule is CCN1CCN(Cc2ccc(NC(=O)C3CCCCC3(C)N)cc2)CC1. The Balaban J connectivity index is 1.52. The average molecular weight is 359 g/mol. The molecule has 0 spiro atoms. The van der Waals surface area contributed by atoms with Gasteiger partial charge in [0.15, 0.2) is 0 Å². The van der Waals surface area contributed by atoms with Crippen molar-refractivity contribution in [2.75, 3.05) is 38.0 Å². The van der Waals surface area contributed by atoms with E-state index in [4.69, 9.17) is 5.73 Å². The molecule has 1 amide bonds. The number of amides is 1. The van der Waals surface area contributed by atoms with E-state index in [1.54, 1.807) is 0 Å². The Kier molecular flexibility index (Phi) is 6.33. The van der Waals surface area contributed by atoms with E-state index in [0.717, 1.165) is 70.6 Å². The van der Waals surface area contributed by atoms with Gasteiger partial charge in [-0.05, 0) is 44.0 Å². The Morgan fingerprint density at radius 1 is 1.15 bits per heavy atom. The molecular formula is C21H34N4O. The summed E-state index contributed by atoms with van der Waals surface area (Å²) in [5.41, 5.74) is 8.14. The van der Waals surface area contributed by atoms with E-state index in [9.17, 15) is 4.79 Å². The molecule has 26 heavy (non-hydrogen) atoms. The molecule has 2 aliphatic rings. The number of nitrogens with two attached hydrogens (primary N) is 1. The van der Waals surface area contributed by atoms with Crippen LogP contribution in [0.15, 0.2) is 24.3 Å². The largest absolute Gasteiger partial charge is 0.326 e. The van der Waals surface area contributed by atoms with Crippen molar-refractivity contribution < 1.29 is 4.79 Å². The summed E-state index contributed by atoms with van der Waals surface area (Å²) in [4.78, 5) is 17.6. The molecule has 1 aliphatic heterocycles. The number of benzene rings is 1. The molecule has 0 aromatic heterocycles. The second-order valence-corrected chi connectivity index (χ2v) is 8.20. The first-order chi connectivity index (χ1) is 12.5. The third-order valence-corrected chi connectivity index (χ3v) is 6.11. The van der Waals surface area contributed by atoms with Crippen LogP contribution in [0, 0.1) is 5.92 Å². The van der Waals surface area contributed by atoms with E-state index < -0.39 is 0 Å². The lowest BCUT2D eigenvalue weighted by Gasteiger charge is -2.37. The maximum absolute atomic E-state index is 12.6. The molecule has 144 valence electrons. The van der Waals surface area contributed by atoms with Gasteiger partial charge in [-0.25, -0.2) is 0 Å². The fourth-order valence-corrected chi connectivity index (χ4v) is 4.23. The van der Waals surface area contributed by atoms with Gasteiger partial charge in [-0.2, -0.15) is 0 Å². The minimum absolute atomic E-state index is 0.0677. The van der Waals surface area contributed by atoms with E-state index in [0.29, 0.717) is 0 Å². The molecule has 2 fully saturated rings. The van der Waals surface area contributed by atoms with Crippen LogP contribution in [0.5, 0.6) is 0 Å². The Bertz CT molecular complexity index is 591. The van der Waals surface area contributed by atoms with E-state index in [1.165, 1.54) is 5.56 Å². The van der Waals surface area contributed by atoms with Crippen molar-refractivity contribution in [3.63, 3.8) is 0 Å². The summed E-state index contributed by atoms with van der Waals surface area (Å²) < 4.78 is 0. The van der Waals surface area contributed by atoms with Crippen molar-refractivity contribution in [2.45, 2.75) is 51.6 Å². The number of hydrogen-bond donors (Lipinski definition) is 2. The van der Waals surface area contributed by atoms with Crippen LogP contribution in [0.4, 0.5) is 5.69 Å². The van der Waals surface area contributed by atoms with Gasteiger partial charge in [0.25, 0.3) is 0 Å². The Morgan fingerprint density at radius 2 is 1.81 bits per heavy atom. The molecule has 5 nitrogen and oxygen atoms in total. The zero-order valence-corrected chi connectivity index (χ0v) is 16.3. The number of hydrogen-bond acceptors (Lipinski definition) is 4. The predicted octanol–water partition coefficient (Wildman–Crippen LogP) is 2.67. The van der Waals surface area contributed by atoms with Gasteiger partial charge < -0.3 is 16.0 Å². The van der Waals surface area contributed by atoms with E-state index in [2.05, 4.69) is 34.2 Å². The first-order valence-corrected chi connectivity index (χ1v) is 10.1. The third-order valence-electron chi connectivity index (χ3n) is 6.11. The maximum Gasteiger partial charge on any atom is 0.229 e. The highest BCUT2D eigenvalue weighted by Crippen LogP contribution is 2.32. The summed E-state index contributed by atoms with van der Waals surface area (Å²) in [6.45, 7) is 10.9. The van der Waals surface area contributed by atoms with Gasteiger partial charge in [-0.1, -0.05) is 31.9 Å². The summed E-state index contributed by atoms with van der Waals surface area (Å²) in [5.74, 6) is -0.0241. The number of nitrogens with one attached hydrogen (secondary N) is 1. The lowest BCUT2D eigenvalue weighted by atomic mass is 9.74. The van der Waals surface area contributed by atoms with Gasteiger partial charge >= 0.3 is 0 Å².